The Bertz CT molecular complexity index is 1090. The number of rotatable bonds is 5. The van der Waals surface area contributed by atoms with Gasteiger partial charge in [-0.15, -0.1) is 11.3 Å². The first kappa shape index (κ1) is 21.6. The molecule has 0 bridgehead atoms. The van der Waals surface area contributed by atoms with Crippen LogP contribution in [0.1, 0.15) is 29.8 Å². The van der Waals surface area contributed by atoms with Crippen LogP contribution in [0.25, 0.3) is 0 Å². The minimum atomic E-state index is -0.526. The number of carbonyl (C=O) groups is 2. The van der Waals surface area contributed by atoms with Crippen LogP contribution in [0.2, 0.25) is 10.0 Å². The van der Waals surface area contributed by atoms with Crippen molar-refractivity contribution in [1.82, 2.24) is 9.88 Å². The zero-order valence-corrected chi connectivity index (χ0v) is 18.8. The smallest absolute Gasteiger partial charge is 0.274 e. The molecule has 160 valence electrons. The highest BCUT2D eigenvalue weighted by atomic mass is 35.5. The van der Waals surface area contributed by atoms with Gasteiger partial charge in [0.05, 0.1) is 15.7 Å². The van der Waals surface area contributed by atoms with Crippen LogP contribution in [0.15, 0.2) is 53.9 Å². The molecule has 1 saturated heterocycles. The summed E-state index contributed by atoms with van der Waals surface area (Å²) in [5, 5.41) is 9.03. The normalized spacial score (nSPS) is 16.1. The lowest BCUT2D eigenvalue weighted by molar-refractivity contribution is -0.121. The van der Waals surface area contributed by atoms with Gasteiger partial charge in [-0.3, -0.25) is 9.59 Å². The number of thiazole rings is 1. The lowest BCUT2D eigenvalue weighted by Gasteiger charge is -2.34. The van der Waals surface area contributed by atoms with Gasteiger partial charge in [-0.1, -0.05) is 47.5 Å². The average molecular weight is 475 g/mol. The van der Waals surface area contributed by atoms with E-state index >= 15 is 0 Å². The molecule has 0 unspecified atom stereocenters. The van der Waals surface area contributed by atoms with E-state index in [0.717, 1.165) is 12.8 Å². The largest absolute Gasteiger partial charge is 0.330 e. The minimum absolute atomic E-state index is 0.182. The van der Waals surface area contributed by atoms with Gasteiger partial charge in [0.1, 0.15) is 11.7 Å². The third kappa shape index (κ3) is 5.01. The molecule has 1 aliphatic rings. The van der Waals surface area contributed by atoms with Gasteiger partial charge in [0.25, 0.3) is 5.91 Å². The van der Waals surface area contributed by atoms with Crippen molar-refractivity contribution in [1.29, 1.82) is 0 Å². The maximum Gasteiger partial charge on any atom is 0.274 e. The molecule has 0 aliphatic carbocycles. The molecule has 3 aromatic rings. The Hall–Kier alpha value is -2.61. The Labute approximate surface area is 194 Å². The monoisotopic (exact) mass is 474 g/mol. The molecule has 9 heteroatoms. The highest BCUT2D eigenvalue weighted by molar-refractivity contribution is 7.14. The molecule has 1 fully saturated rings. The molecule has 1 atom stereocenters. The SMILES string of the molecule is O=C(Nc1ccccc1)[C@@H]1CCCCN1C(=O)c1csc(Nc2cccc(Cl)c2Cl)n1. The summed E-state index contributed by atoms with van der Waals surface area (Å²) in [5.74, 6) is -0.437. The topological polar surface area (TPSA) is 74.3 Å². The number of nitrogens with zero attached hydrogens (tertiary/aromatic N) is 2. The number of piperidine rings is 1. The molecule has 0 spiro atoms. The fraction of sp³-hybridized carbons (Fsp3) is 0.227. The Balaban J connectivity index is 1.48. The predicted molar refractivity (Wildman–Crippen MR) is 126 cm³/mol. The molecule has 31 heavy (non-hydrogen) atoms. The summed E-state index contributed by atoms with van der Waals surface area (Å²) in [4.78, 5) is 32.1. The van der Waals surface area contributed by atoms with E-state index in [4.69, 9.17) is 23.2 Å². The highest BCUT2D eigenvalue weighted by Gasteiger charge is 2.33. The lowest BCUT2D eigenvalue weighted by atomic mass is 10.0. The summed E-state index contributed by atoms with van der Waals surface area (Å²) in [5.41, 5.74) is 1.62. The van der Waals surface area contributed by atoms with Crippen molar-refractivity contribution < 1.29 is 9.59 Å². The van der Waals surface area contributed by atoms with E-state index in [1.807, 2.05) is 30.3 Å². The third-order valence-corrected chi connectivity index (χ3v) is 6.60. The fourth-order valence-electron chi connectivity index (χ4n) is 3.49. The van der Waals surface area contributed by atoms with Crippen LogP contribution in [0, 0.1) is 0 Å². The van der Waals surface area contributed by atoms with Crippen molar-refractivity contribution in [2.75, 3.05) is 17.2 Å². The van der Waals surface area contributed by atoms with Gasteiger partial charge in [-0.2, -0.15) is 0 Å². The van der Waals surface area contributed by atoms with Crippen molar-refractivity contribution >= 4 is 62.9 Å². The van der Waals surface area contributed by atoms with Crippen LogP contribution in [0.4, 0.5) is 16.5 Å². The quantitative estimate of drug-likeness (QED) is 0.487. The molecule has 1 aromatic heterocycles. The molecule has 4 rings (SSSR count). The van der Waals surface area contributed by atoms with E-state index in [9.17, 15) is 9.59 Å². The van der Waals surface area contributed by atoms with E-state index in [-0.39, 0.29) is 11.8 Å². The predicted octanol–water partition coefficient (Wildman–Crippen LogP) is 5.83. The second-order valence-electron chi connectivity index (χ2n) is 7.13. The van der Waals surface area contributed by atoms with E-state index in [0.29, 0.717) is 45.2 Å². The van der Waals surface area contributed by atoms with Gasteiger partial charge >= 0.3 is 0 Å². The van der Waals surface area contributed by atoms with Crippen LogP contribution in [0.5, 0.6) is 0 Å². The maximum absolute atomic E-state index is 13.2. The molecular formula is C22H20Cl2N4O2S. The first-order chi connectivity index (χ1) is 15.0. The van der Waals surface area contributed by atoms with Crippen LogP contribution in [0.3, 0.4) is 0 Å². The molecule has 2 aromatic carbocycles. The fourth-order valence-corrected chi connectivity index (χ4v) is 4.53. The Morgan fingerprint density at radius 1 is 1.06 bits per heavy atom. The molecular weight excluding hydrogens is 455 g/mol. The van der Waals surface area contributed by atoms with E-state index in [1.165, 1.54) is 11.3 Å². The summed E-state index contributed by atoms with van der Waals surface area (Å²) in [6.45, 7) is 0.520. The van der Waals surface area contributed by atoms with E-state index in [1.54, 1.807) is 28.5 Å². The summed E-state index contributed by atoms with van der Waals surface area (Å²) in [6, 6.07) is 14.0. The van der Waals surface area contributed by atoms with Crippen molar-refractivity contribution in [3.05, 3.63) is 69.7 Å². The van der Waals surface area contributed by atoms with Gasteiger partial charge in [-0.25, -0.2) is 4.98 Å². The van der Waals surface area contributed by atoms with Crippen LogP contribution >= 0.6 is 34.5 Å². The van der Waals surface area contributed by atoms with Gasteiger partial charge in [0.15, 0.2) is 5.13 Å². The van der Waals surface area contributed by atoms with Gasteiger partial charge in [0, 0.05) is 17.6 Å². The Morgan fingerprint density at radius 2 is 1.87 bits per heavy atom. The zero-order chi connectivity index (χ0) is 21.8. The van der Waals surface area contributed by atoms with Crippen molar-refractivity contribution in [2.24, 2.45) is 0 Å². The Kier molecular flexibility index (Phi) is 6.75. The molecule has 2 amide bonds. The number of benzene rings is 2. The number of carbonyl (C=O) groups excluding carboxylic acids is 2. The summed E-state index contributed by atoms with van der Waals surface area (Å²) >= 11 is 13.6. The van der Waals surface area contributed by atoms with Crippen molar-refractivity contribution in [2.45, 2.75) is 25.3 Å². The van der Waals surface area contributed by atoms with Gasteiger partial charge in [0.2, 0.25) is 5.91 Å². The van der Waals surface area contributed by atoms with Crippen molar-refractivity contribution in [3.8, 4) is 0 Å². The summed E-state index contributed by atoms with van der Waals surface area (Å²) in [6.07, 6.45) is 2.37. The number of anilines is 3. The first-order valence-corrected chi connectivity index (χ1v) is 11.5. The number of aromatic nitrogens is 1. The standard InChI is InChI=1S/C22H20Cl2N4O2S/c23-15-9-6-10-16(19(15)24)26-22-27-17(13-31-22)21(30)28-12-5-4-11-18(28)20(29)25-14-7-2-1-3-8-14/h1-3,6-10,13,18H,4-5,11-12H2,(H,25,29)(H,26,27)/t18-/m0/s1. The van der Waals surface area contributed by atoms with Crippen LogP contribution in [-0.2, 0) is 4.79 Å². The van der Waals surface area contributed by atoms with Crippen molar-refractivity contribution in [3.63, 3.8) is 0 Å². The third-order valence-electron chi connectivity index (χ3n) is 5.02. The second-order valence-corrected chi connectivity index (χ2v) is 8.77. The highest BCUT2D eigenvalue weighted by Crippen LogP contribution is 2.33. The lowest BCUT2D eigenvalue weighted by Crippen LogP contribution is -2.50. The summed E-state index contributed by atoms with van der Waals surface area (Å²) < 4.78 is 0. The average Bonchev–Trinajstić information content (AvgIpc) is 3.26. The second kappa shape index (κ2) is 9.68. The molecule has 0 saturated carbocycles. The minimum Gasteiger partial charge on any atom is -0.330 e. The molecule has 6 nitrogen and oxygen atoms in total. The Morgan fingerprint density at radius 3 is 2.68 bits per heavy atom. The molecule has 1 aliphatic heterocycles. The number of amides is 2. The van der Waals surface area contributed by atoms with E-state index < -0.39 is 6.04 Å². The first-order valence-electron chi connectivity index (χ1n) is 9.86. The van der Waals surface area contributed by atoms with Gasteiger partial charge < -0.3 is 15.5 Å². The summed E-state index contributed by atoms with van der Waals surface area (Å²) in [7, 11) is 0. The van der Waals surface area contributed by atoms with Crippen LogP contribution < -0.4 is 10.6 Å². The number of hydrogen-bond acceptors (Lipinski definition) is 5. The number of halogens is 2. The molecule has 2 N–H and O–H groups in total. The zero-order valence-electron chi connectivity index (χ0n) is 16.5. The number of para-hydroxylation sites is 1. The number of hydrogen-bond donors (Lipinski definition) is 2. The van der Waals surface area contributed by atoms with E-state index in [2.05, 4.69) is 15.6 Å². The van der Waals surface area contributed by atoms with Crippen LogP contribution in [-0.4, -0.2) is 34.3 Å². The number of likely N-dealkylation sites (tertiary alicyclic amines) is 1. The molecule has 2 heterocycles. The number of nitrogens with one attached hydrogen (secondary N) is 2. The van der Waals surface area contributed by atoms with Gasteiger partial charge in [-0.05, 0) is 43.5 Å². The molecule has 0 radical (unpaired) electrons. The maximum atomic E-state index is 13.2.